The monoisotopic (exact) mass is 328 g/mol. The highest BCUT2D eigenvalue weighted by atomic mass is 32.2. The molecule has 0 aromatic heterocycles. The molecule has 1 saturated heterocycles. The number of methoxy groups -OCH3 is 1. The fourth-order valence-electron chi connectivity index (χ4n) is 3.03. The summed E-state index contributed by atoms with van der Waals surface area (Å²) in [6.45, 7) is 3.06. The van der Waals surface area contributed by atoms with E-state index >= 15 is 0 Å². The van der Waals surface area contributed by atoms with Crippen molar-refractivity contribution < 1.29 is 9.47 Å². The number of thioether (sulfide) groups is 1. The average Bonchev–Trinajstić information content (AvgIpc) is 2.61. The van der Waals surface area contributed by atoms with Gasteiger partial charge in [-0.2, -0.15) is 0 Å². The summed E-state index contributed by atoms with van der Waals surface area (Å²) in [4.78, 5) is 1.32. The summed E-state index contributed by atoms with van der Waals surface area (Å²) in [5.41, 5.74) is 2.77. The van der Waals surface area contributed by atoms with Crippen LogP contribution in [0, 0.1) is 0 Å². The summed E-state index contributed by atoms with van der Waals surface area (Å²) in [5.74, 6) is 2.55. The molecule has 1 heterocycles. The maximum absolute atomic E-state index is 5.64. The molecule has 0 amide bonds. The van der Waals surface area contributed by atoms with Gasteiger partial charge in [-0.1, -0.05) is 24.3 Å². The van der Waals surface area contributed by atoms with Gasteiger partial charge in [-0.05, 0) is 61.1 Å². The molecule has 122 valence electrons. The molecule has 23 heavy (non-hydrogen) atoms. The van der Waals surface area contributed by atoms with Crippen LogP contribution in [0.25, 0.3) is 0 Å². The van der Waals surface area contributed by atoms with Crippen molar-refractivity contribution in [1.82, 2.24) is 0 Å². The van der Waals surface area contributed by atoms with Gasteiger partial charge in [0.1, 0.15) is 5.75 Å². The standard InChI is InChI=1S/C20H24O2S/c1-15-13-18(11-12-22-15)17-5-9-20(10-6-17)23-14-16-3-7-19(21-2)8-4-16/h3-10,15,18H,11-14H2,1-2H3/t15-,18+/m1/s1. The first kappa shape index (κ1) is 16.4. The SMILES string of the molecule is COc1ccc(CSc2ccc([C@H]3CCO[C@H](C)C3)cc2)cc1. The Morgan fingerprint density at radius 1 is 1.09 bits per heavy atom. The molecule has 1 fully saturated rings. The van der Waals surface area contributed by atoms with Crippen molar-refractivity contribution in [2.75, 3.05) is 13.7 Å². The Morgan fingerprint density at radius 2 is 1.83 bits per heavy atom. The highest BCUT2D eigenvalue weighted by molar-refractivity contribution is 7.98. The van der Waals surface area contributed by atoms with Crippen LogP contribution in [0.1, 0.15) is 36.8 Å². The minimum Gasteiger partial charge on any atom is -0.497 e. The van der Waals surface area contributed by atoms with Crippen molar-refractivity contribution in [2.45, 2.75) is 42.4 Å². The third-order valence-corrected chi connectivity index (χ3v) is 5.48. The molecule has 2 atom stereocenters. The molecule has 0 bridgehead atoms. The van der Waals surface area contributed by atoms with Crippen molar-refractivity contribution in [3.63, 3.8) is 0 Å². The maximum Gasteiger partial charge on any atom is 0.118 e. The quantitative estimate of drug-likeness (QED) is 0.697. The Hall–Kier alpha value is -1.45. The number of hydrogen-bond donors (Lipinski definition) is 0. The van der Waals surface area contributed by atoms with Crippen LogP contribution in [0.3, 0.4) is 0 Å². The van der Waals surface area contributed by atoms with E-state index in [0.717, 1.165) is 31.0 Å². The van der Waals surface area contributed by atoms with E-state index in [1.54, 1.807) is 7.11 Å². The smallest absolute Gasteiger partial charge is 0.118 e. The minimum absolute atomic E-state index is 0.387. The Kier molecular flexibility index (Phi) is 5.63. The summed E-state index contributed by atoms with van der Waals surface area (Å²) in [7, 11) is 1.70. The van der Waals surface area contributed by atoms with Gasteiger partial charge in [-0.3, -0.25) is 0 Å². The third-order valence-electron chi connectivity index (χ3n) is 4.40. The van der Waals surface area contributed by atoms with Crippen molar-refractivity contribution in [3.8, 4) is 5.75 Å². The lowest BCUT2D eigenvalue weighted by Gasteiger charge is -2.27. The number of ether oxygens (including phenoxy) is 2. The first-order valence-corrected chi connectivity index (χ1v) is 9.20. The summed E-state index contributed by atoms with van der Waals surface area (Å²) in [6, 6.07) is 17.4. The van der Waals surface area contributed by atoms with Gasteiger partial charge in [0, 0.05) is 17.3 Å². The predicted octanol–water partition coefficient (Wildman–Crippen LogP) is 5.27. The topological polar surface area (TPSA) is 18.5 Å². The van der Waals surface area contributed by atoms with Gasteiger partial charge < -0.3 is 9.47 Å². The van der Waals surface area contributed by atoms with Crippen LogP contribution in [-0.4, -0.2) is 19.8 Å². The van der Waals surface area contributed by atoms with Crippen LogP contribution in [0.5, 0.6) is 5.75 Å². The van der Waals surface area contributed by atoms with Crippen LogP contribution < -0.4 is 4.74 Å². The van der Waals surface area contributed by atoms with E-state index in [1.807, 2.05) is 23.9 Å². The van der Waals surface area contributed by atoms with E-state index in [1.165, 1.54) is 16.0 Å². The lowest BCUT2D eigenvalue weighted by molar-refractivity contribution is 0.0186. The maximum atomic E-state index is 5.64. The summed E-state index contributed by atoms with van der Waals surface area (Å²) < 4.78 is 10.8. The zero-order valence-corrected chi connectivity index (χ0v) is 14.6. The average molecular weight is 328 g/mol. The van der Waals surface area contributed by atoms with Crippen LogP contribution in [0.15, 0.2) is 53.4 Å². The Bertz CT molecular complexity index is 607. The molecule has 2 nitrogen and oxygen atoms in total. The molecule has 2 aromatic carbocycles. The molecule has 0 unspecified atom stereocenters. The molecule has 0 radical (unpaired) electrons. The fourth-order valence-corrected chi connectivity index (χ4v) is 3.88. The highest BCUT2D eigenvalue weighted by Gasteiger charge is 2.20. The van der Waals surface area contributed by atoms with Gasteiger partial charge in [-0.15, -0.1) is 11.8 Å². The molecule has 0 saturated carbocycles. The van der Waals surface area contributed by atoms with Crippen LogP contribution >= 0.6 is 11.8 Å². The van der Waals surface area contributed by atoms with Crippen molar-refractivity contribution in [2.24, 2.45) is 0 Å². The summed E-state index contributed by atoms with van der Waals surface area (Å²) in [6.07, 6.45) is 2.67. The Labute approximate surface area is 143 Å². The van der Waals surface area contributed by atoms with E-state index in [2.05, 4.69) is 43.3 Å². The third kappa shape index (κ3) is 4.52. The van der Waals surface area contributed by atoms with E-state index < -0.39 is 0 Å². The van der Waals surface area contributed by atoms with E-state index in [4.69, 9.17) is 9.47 Å². The molecule has 0 spiro atoms. The molecular weight excluding hydrogens is 304 g/mol. The zero-order valence-electron chi connectivity index (χ0n) is 13.8. The summed E-state index contributed by atoms with van der Waals surface area (Å²) in [5, 5.41) is 0. The normalized spacial score (nSPS) is 21.1. The number of hydrogen-bond acceptors (Lipinski definition) is 3. The van der Waals surface area contributed by atoms with Crippen molar-refractivity contribution in [3.05, 3.63) is 59.7 Å². The second-order valence-electron chi connectivity index (χ2n) is 6.11. The van der Waals surface area contributed by atoms with Gasteiger partial charge in [0.15, 0.2) is 0 Å². The lowest BCUT2D eigenvalue weighted by Crippen LogP contribution is -2.21. The van der Waals surface area contributed by atoms with Gasteiger partial charge in [0.05, 0.1) is 13.2 Å². The Balaban J connectivity index is 1.56. The van der Waals surface area contributed by atoms with Gasteiger partial charge in [-0.25, -0.2) is 0 Å². The molecule has 0 aliphatic carbocycles. The highest BCUT2D eigenvalue weighted by Crippen LogP contribution is 2.32. The first-order chi connectivity index (χ1) is 11.2. The first-order valence-electron chi connectivity index (χ1n) is 8.22. The predicted molar refractivity (Wildman–Crippen MR) is 96.4 cm³/mol. The molecule has 3 heteroatoms. The molecule has 1 aliphatic heterocycles. The zero-order chi connectivity index (χ0) is 16.1. The fraction of sp³-hybridized carbons (Fsp3) is 0.400. The molecule has 0 N–H and O–H groups in total. The lowest BCUT2D eigenvalue weighted by atomic mass is 9.89. The van der Waals surface area contributed by atoms with Crippen LogP contribution in [0.2, 0.25) is 0 Å². The van der Waals surface area contributed by atoms with Gasteiger partial charge in [0.2, 0.25) is 0 Å². The molecule has 2 aromatic rings. The van der Waals surface area contributed by atoms with Crippen molar-refractivity contribution >= 4 is 11.8 Å². The minimum atomic E-state index is 0.387. The van der Waals surface area contributed by atoms with E-state index in [-0.39, 0.29) is 0 Å². The molecule has 3 rings (SSSR count). The molecule has 1 aliphatic rings. The number of rotatable bonds is 5. The van der Waals surface area contributed by atoms with E-state index in [0.29, 0.717) is 12.0 Å². The largest absolute Gasteiger partial charge is 0.497 e. The van der Waals surface area contributed by atoms with Crippen LogP contribution in [0.4, 0.5) is 0 Å². The van der Waals surface area contributed by atoms with Crippen molar-refractivity contribution in [1.29, 1.82) is 0 Å². The summed E-state index contributed by atoms with van der Waals surface area (Å²) >= 11 is 1.88. The van der Waals surface area contributed by atoms with Crippen LogP contribution in [-0.2, 0) is 10.5 Å². The van der Waals surface area contributed by atoms with E-state index in [9.17, 15) is 0 Å². The number of benzene rings is 2. The van der Waals surface area contributed by atoms with Gasteiger partial charge in [0.25, 0.3) is 0 Å². The second-order valence-corrected chi connectivity index (χ2v) is 7.16. The second kappa shape index (κ2) is 7.89. The molecular formula is C20H24O2S. The van der Waals surface area contributed by atoms with Gasteiger partial charge >= 0.3 is 0 Å². The Morgan fingerprint density at radius 3 is 2.48 bits per heavy atom.